The van der Waals surface area contributed by atoms with Crippen molar-refractivity contribution in [1.82, 2.24) is 14.1 Å². The molecule has 3 rings (SSSR count). The molecule has 7 heteroatoms. The van der Waals surface area contributed by atoms with Crippen LogP contribution < -0.4 is 5.56 Å². The number of hydrogen-bond acceptors (Lipinski definition) is 5. The van der Waals surface area contributed by atoms with Crippen molar-refractivity contribution in [3.63, 3.8) is 0 Å². The molecule has 1 saturated carbocycles. The fourth-order valence-electron chi connectivity index (χ4n) is 3.40. The first-order valence-corrected chi connectivity index (χ1v) is 9.48. The third-order valence-corrected chi connectivity index (χ3v) is 5.96. The quantitative estimate of drug-likeness (QED) is 0.503. The molecule has 1 N–H and O–H groups in total. The molecule has 6 nitrogen and oxygen atoms in total. The molecule has 25 heavy (non-hydrogen) atoms. The van der Waals surface area contributed by atoms with Gasteiger partial charge in [0.2, 0.25) is 5.88 Å². The molecule has 2 aromatic rings. The van der Waals surface area contributed by atoms with Crippen molar-refractivity contribution in [2.75, 3.05) is 5.75 Å². The number of aromatic hydroxyl groups is 1. The summed E-state index contributed by atoms with van der Waals surface area (Å²) in [6.07, 6.45) is 4.04. The Hall–Kier alpha value is -2.02. The number of hydrogen-bond donors (Lipinski definition) is 1. The lowest BCUT2D eigenvalue weighted by Gasteiger charge is -2.17. The molecule has 1 aliphatic carbocycles. The summed E-state index contributed by atoms with van der Waals surface area (Å²) in [5.41, 5.74) is 2.41. The predicted octanol–water partition coefficient (Wildman–Crippen LogP) is 2.99. The van der Waals surface area contributed by atoms with Crippen LogP contribution in [-0.4, -0.2) is 30.8 Å². The van der Waals surface area contributed by atoms with Crippen molar-refractivity contribution >= 4 is 17.5 Å². The zero-order chi connectivity index (χ0) is 18.1. The van der Waals surface area contributed by atoms with Crippen LogP contribution >= 0.6 is 11.8 Å². The number of Topliss-reactive ketones (excluding diaryl/α,β-unsaturated/α-hetero) is 1. The SMILES string of the molecule is Cc1cc(C(=O)CSc2nc(O)cc(=O)n2C2CCCC2)c(C)n1C. The van der Waals surface area contributed by atoms with Crippen molar-refractivity contribution in [3.05, 3.63) is 39.4 Å². The molecule has 0 bridgehead atoms. The standard InChI is InChI=1S/C18H23N3O3S/c1-11-8-14(12(2)20(11)3)15(22)10-25-18-19-16(23)9-17(24)21(18)13-6-4-5-7-13/h8-9,13,23H,4-7,10H2,1-3H3. The van der Waals surface area contributed by atoms with Gasteiger partial charge in [0.05, 0.1) is 11.8 Å². The Balaban J connectivity index is 1.84. The van der Waals surface area contributed by atoms with E-state index >= 15 is 0 Å². The molecular weight excluding hydrogens is 338 g/mol. The van der Waals surface area contributed by atoms with Gasteiger partial charge in [-0.2, -0.15) is 4.98 Å². The van der Waals surface area contributed by atoms with Gasteiger partial charge in [0.15, 0.2) is 10.9 Å². The van der Waals surface area contributed by atoms with Crippen LogP contribution in [0.2, 0.25) is 0 Å². The second kappa shape index (κ2) is 7.07. The van der Waals surface area contributed by atoms with Crippen LogP contribution in [0, 0.1) is 13.8 Å². The smallest absolute Gasteiger partial charge is 0.258 e. The number of carbonyl (C=O) groups excluding carboxylic acids is 1. The summed E-state index contributed by atoms with van der Waals surface area (Å²) in [4.78, 5) is 29.0. The van der Waals surface area contributed by atoms with Gasteiger partial charge >= 0.3 is 0 Å². The Bertz CT molecular complexity index is 863. The summed E-state index contributed by atoms with van der Waals surface area (Å²) in [5.74, 6) is -0.102. The number of nitrogens with zero attached hydrogens (tertiary/aromatic N) is 3. The largest absolute Gasteiger partial charge is 0.493 e. The molecule has 0 radical (unpaired) electrons. The highest BCUT2D eigenvalue weighted by Crippen LogP contribution is 2.32. The summed E-state index contributed by atoms with van der Waals surface area (Å²) >= 11 is 1.22. The zero-order valence-corrected chi connectivity index (χ0v) is 15.6. The lowest BCUT2D eigenvalue weighted by molar-refractivity contribution is 0.102. The van der Waals surface area contributed by atoms with Crippen molar-refractivity contribution < 1.29 is 9.90 Å². The minimum absolute atomic E-state index is 0.00163. The van der Waals surface area contributed by atoms with E-state index in [2.05, 4.69) is 4.98 Å². The molecule has 134 valence electrons. The molecule has 0 unspecified atom stereocenters. The van der Waals surface area contributed by atoms with Crippen molar-refractivity contribution in [2.24, 2.45) is 7.05 Å². The maximum absolute atomic E-state index is 12.6. The Kier molecular flexibility index (Phi) is 5.03. The van der Waals surface area contributed by atoms with E-state index in [1.165, 1.54) is 11.8 Å². The second-order valence-corrected chi connectivity index (χ2v) is 7.54. The number of thioether (sulfide) groups is 1. The van der Waals surface area contributed by atoms with Crippen LogP contribution in [0.4, 0.5) is 0 Å². The summed E-state index contributed by atoms with van der Waals surface area (Å²) in [6, 6.07) is 3.14. The maximum atomic E-state index is 12.6. The van der Waals surface area contributed by atoms with Gasteiger partial charge < -0.3 is 9.67 Å². The fourth-order valence-corrected chi connectivity index (χ4v) is 4.36. The first-order chi connectivity index (χ1) is 11.9. The Morgan fingerprint density at radius 1 is 1.32 bits per heavy atom. The highest BCUT2D eigenvalue weighted by atomic mass is 32.2. The Morgan fingerprint density at radius 2 is 2.00 bits per heavy atom. The summed E-state index contributed by atoms with van der Waals surface area (Å²) in [6.45, 7) is 3.89. The van der Waals surface area contributed by atoms with Gasteiger partial charge in [-0.05, 0) is 32.8 Å². The first-order valence-electron chi connectivity index (χ1n) is 8.50. The van der Waals surface area contributed by atoms with Crippen LogP contribution in [0.15, 0.2) is 22.1 Å². The van der Waals surface area contributed by atoms with E-state index < -0.39 is 0 Å². The average Bonchev–Trinajstić information content (AvgIpc) is 3.16. The summed E-state index contributed by atoms with van der Waals surface area (Å²) in [5, 5.41) is 10.1. The fraction of sp³-hybridized carbons (Fsp3) is 0.500. The van der Waals surface area contributed by atoms with Crippen LogP contribution in [0.25, 0.3) is 0 Å². The van der Waals surface area contributed by atoms with Crippen LogP contribution in [0.5, 0.6) is 5.88 Å². The third-order valence-electron chi connectivity index (χ3n) is 5.00. The normalized spacial score (nSPS) is 15.0. The lowest BCUT2D eigenvalue weighted by atomic mass is 10.2. The van der Waals surface area contributed by atoms with Gasteiger partial charge in [0, 0.05) is 30.0 Å². The molecule has 0 saturated heterocycles. The third kappa shape index (κ3) is 3.51. The van der Waals surface area contributed by atoms with E-state index in [-0.39, 0.29) is 29.0 Å². The molecular formula is C18H23N3O3S. The van der Waals surface area contributed by atoms with E-state index in [0.29, 0.717) is 10.7 Å². The molecule has 2 aromatic heterocycles. The highest BCUT2D eigenvalue weighted by Gasteiger charge is 2.23. The summed E-state index contributed by atoms with van der Waals surface area (Å²) in [7, 11) is 1.93. The van der Waals surface area contributed by atoms with E-state index in [4.69, 9.17) is 0 Å². The Labute approximate surface area is 150 Å². The van der Waals surface area contributed by atoms with Gasteiger partial charge in [0.25, 0.3) is 5.56 Å². The van der Waals surface area contributed by atoms with Crippen molar-refractivity contribution in [3.8, 4) is 5.88 Å². The molecule has 0 atom stereocenters. The van der Waals surface area contributed by atoms with Gasteiger partial charge in [-0.15, -0.1) is 0 Å². The van der Waals surface area contributed by atoms with Crippen LogP contribution in [0.1, 0.15) is 53.5 Å². The molecule has 0 amide bonds. The predicted molar refractivity (Wildman–Crippen MR) is 97.6 cm³/mol. The molecule has 1 aliphatic rings. The molecule has 1 fully saturated rings. The first kappa shape index (κ1) is 17.8. The van der Waals surface area contributed by atoms with E-state index in [0.717, 1.165) is 43.1 Å². The molecule has 0 spiro atoms. The minimum atomic E-state index is -0.291. The van der Waals surface area contributed by atoms with Crippen LogP contribution in [0.3, 0.4) is 0 Å². The molecule has 2 heterocycles. The van der Waals surface area contributed by atoms with E-state index in [9.17, 15) is 14.7 Å². The van der Waals surface area contributed by atoms with Crippen molar-refractivity contribution in [1.29, 1.82) is 0 Å². The molecule has 0 aromatic carbocycles. The number of ketones is 1. The van der Waals surface area contributed by atoms with Gasteiger partial charge in [-0.1, -0.05) is 24.6 Å². The lowest BCUT2D eigenvalue weighted by Crippen LogP contribution is -2.25. The van der Waals surface area contributed by atoms with Crippen molar-refractivity contribution in [2.45, 2.75) is 50.7 Å². The Morgan fingerprint density at radius 3 is 2.60 bits per heavy atom. The average molecular weight is 361 g/mol. The zero-order valence-electron chi connectivity index (χ0n) is 14.8. The monoisotopic (exact) mass is 361 g/mol. The number of aryl methyl sites for hydroxylation is 1. The highest BCUT2D eigenvalue weighted by molar-refractivity contribution is 7.99. The van der Waals surface area contributed by atoms with Gasteiger partial charge in [-0.25, -0.2) is 0 Å². The number of carbonyl (C=O) groups is 1. The maximum Gasteiger partial charge on any atom is 0.258 e. The van der Waals surface area contributed by atoms with Gasteiger partial charge in [-0.3, -0.25) is 14.2 Å². The summed E-state index contributed by atoms with van der Waals surface area (Å²) < 4.78 is 3.63. The molecule has 0 aliphatic heterocycles. The van der Waals surface area contributed by atoms with E-state index in [1.807, 2.05) is 31.5 Å². The van der Waals surface area contributed by atoms with Crippen LogP contribution in [-0.2, 0) is 7.05 Å². The second-order valence-electron chi connectivity index (χ2n) is 6.60. The topological polar surface area (TPSA) is 77.1 Å². The van der Waals surface area contributed by atoms with Gasteiger partial charge in [0.1, 0.15) is 0 Å². The minimum Gasteiger partial charge on any atom is -0.493 e. The van der Waals surface area contributed by atoms with E-state index in [1.54, 1.807) is 4.57 Å². The number of rotatable bonds is 5. The number of aromatic nitrogens is 3.